The third-order valence-corrected chi connectivity index (χ3v) is 6.54. The fraction of sp³-hybridized carbons (Fsp3) is 0.174. The molecule has 30 heavy (non-hydrogen) atoms. The first kappa shape index (κ1) is 19.0. The SMILES string of the molecule is COc1ccc(Cn2cc(C3=C(Cl)c4ccc(-c5cccs5)nc4CC3)nn2)cc1. The number of ether oxygens (including phenoxy) is 1. The molecule has 150 valence electrons. The van der Waals surface area contributed by atoms with Gasteiger partial charge in [0.25, 0.3) is 0 Å². The molecule has 0 unspecified atom stereocenters. The zero-order valence-electron chi connectivity index (χ0n) is 16.4. The van der Waals surface area contributed by atoms with Gasteiger partial charge < -0.3 is 4.74 Å². The van der Waals surface area contributed by atoms with Gasteiger partial charge in [-0.25, -0.2) is 4.68 Å². The molecule has 0 radical (unpaired) electrons. The maximum absolute atomic E-state index is 6.78. The molecule has 4 aromatic rings. The smallest absolute Gasteiger partial charge is 0.118 e. The largest absolute Gasteiger partial charge is 0.497 e. The van der Waals surface area contributed by atoms with Gasteiger partial charge in [0.1, 0.15) is 11.4 Å². The fourth-order valence-electron chi connectivity index (χ4n) is 3.64. The molecule has 3 heterocycles. The number of allylic oxidation sites excluding steroid dienone is 1. The van der Waals surface area contributed by atoms with E-state index in [2.05, 4.69) is 27.8 Å². The predicted molar refractivity (Wildman–Crippen MR) is 121 cm³/mol. The minimum Gasteiger partial charge on any atom is -0.497 e. The highest BCUT2D eigenvalue weighted by atomic mass is 35.5. The number of aryl methyl sites for hydroxylation is 1. The van der Waals surface area contributed by atoms with Crippen LogP contribution in [0.15, 0.2) is 60.1 Å². The Balaban J connectivity index is 1.40. The highest BCUT2D eigenvalue weighted by Gasteiger charge is 2.22. The zero-order valence-corrected chi connectivity index (χ0v) is 18.0. The lowest BCUT2D eigenvalue weighted by Crippen LogP contribution is -2.05. The van der Waals surface area contributed by atoms with Crippen LogP contribution in [0.2, 0.25) is 0 Å². The van der Waals surface area contributed by atoms with Gasteiger partial charge in [-0.05, 0) is 54.1 Å². The molecule has 0 aliphatic heterocycles. The first-order chi connectivity index (χ1) is 14.7. The summed E-state index contributed by atoms with van der Waals surface area (Å²) in [5, 5.41) is 11.5. The summed E-state index contributed by atoms with van der Waals surface area (Å²) in [5.74, 6) is 0.840. The minimum absolute atomic E-state index is 0.643. The van der Waals surface area contributed by atoms with Crippen molar-refractivity contribution in [3.63, 3.8) is 0 Å². The lowest BCUT2D eigenvalue weighted by Gasteiger charge is -2.18. The molecule has 0 saturated carbocycles. The van der Waals surface area contributed by atoms with E-state index in [9.17, 15) is 0 Å². The summed E-state index contributed by atoms with van der Waals surface area (Å²) >= 11 is 8.47. The molecular weight excluding hydrogens is 416 g/mol. The third-order valence-electron chi connectivity index (χ3n) is 5.21. The van der Waals surface area contributed by atoms with Crippen molar-refractivity contribution >= 4 is 33.5 Å². The number of pyridine rings is 1. The number of aromatic nitrogens is 4. The number of rotatable bonds is 5. The highest BCUT2D eigenvalue weighted by molar-refractivity contribution is 7.13. The van der Waals surface area contributed by atoms with E-state index >= 15 is 0 Å². The van der Waals surface area contributed by atoms with Crippen LogP contribution in [0.5, 0.6) is 5.75 Å². The maximum Gasteiger partial charge on any atom is 0.118 e. The second kappa shape index (κ2) is 8.05. The summed E-state index contributed by atoms with van der Waals surface area (Å²) in [4.78, 5) is 6.02. The maximum atomic E-state index is 6.78. The van der Waals surface area contributed by atoms with Crippen molar-refractivity contribution in [1.82, 2.24) is 20.0 Å². The average Bonchev–Trinajstić information content (AvgIpc) is 3.47. The van der Waals surface area contributed by atoms with Crippen molar-refractivity contribution in [2.24, 2.45) is 0 Å². The molecule has 0 atom stereocenters. The van der Waals surface area contributed by atoms with Crippen LogP contribution in [0.1, 0.15) is 28.9 Å². The van der Waals surface area contributed by atoms with Gasteiger partial charge >= 0.3 is 0 Å². The first-order valence-electron chi connectivity index (χ1n) is 9.67. The van der Waals surface area contributed by atoms with E-state index in [1.54, 1.807) is 18.4 Å². The molecule has 0 amide bonds. The Bertz CT molecular complexity index is 1210. The number of nitrogens with zero attached hydrogens (tertiary/aromatic N) is 4. The number of methoxy groups -OCH3 is 1. The van der Waals surface area contributed by atoms with E-state index in [4.69, 9.17) is 21.3 Å². The molecule has 0 saturated heterocycles. The van der Waals surface area contributed by atoms with Crippen LogP contribution in [-0.4, -0.2) is 27.1 Å². The van der Waals surface area contributed by atoms with Gasteiger partial charge in [0.15, 0.2) is 0 Å². The van der Waals surface area contributed by atoms with Gasteiger partial charge in [0.2, 0.25) is 0 Å². The summed E-state index contributed by atoms with van der Waals surface area (Å²) in [6.45, 7) is 0.643. The Kier molecular flexibility index (Phi) is 5.11. The van der Waals surface area contributed by atoms with E-state index in [-0.39, 0.29) is 0 Å². The van der Waals surface area contributed by atoms with Crippen molar-refractivity contribution in [3.05, 3.63) is 82.6 Å². The van der Waals surface area contributed by atoms with Crippen LogP contribution in [0.4, 0.5) is 0 Å². The van der Waals surface area contributed by atoms with Crippen molar-refractivity contribution < 1.29 is 4.74 Å². The number of fused-ring (bicyclic) bond motifs is 1. The van der Waals surface area contributed by atoms with Crippen LogP contribution in [0.25, 0.3) is 21.2 Å². The van der Waals surface area contributed by atoms with Gasteiger partial charge in [-0.3, -0.25) is 4.98 Å². The molecule has 1 aliphatic carbocycles. The summed E-state index contributed by atoms with van der Waals surface area (Å²) in [5.41, 5.74) is 6.01. The van der Waals surface area contributed by atoms with Crippen LogP contribution in [0.3, 0.4) is 0 Å². The molecular formula is C23H19ClN4OS. The molecule has 1 aliphatic rings. The van der Waals surface area contributed by atoms with Crippen molar-refractivity contribution in [3.8, 4) is 16.3 Å². The molecule has 5 rings (SSSR count). The number of thiophene rings is 1. The van der Waals surface area contributed by atoms with Crippen LogP contribution >= 0.6 is 22.9 Å². The fourth-order valence-corrected chi connectivity index (χ4v) is 4.70. The Morgan fingerprint density at radius 2 is 1.93 bits per heavy atom. The Morgan fingerprint density at radius 1 is 1.07 bits per heavy atom. The van der Waals surface area contributed by atoms with E-state index in [0.29, 0.717) is 6.54 Å². The average molecular weight is 435 g/mol. The Labute approximate surface area is 183 Å². The van der Waals surface area contributed by atoms with Gasteiger partial charge in [-0.1, -0.05) is 35.0 Å². The van der Waals surface area contributed by atoms with Crippen LogP contribution in [-0.2, 0) is 13.0 Å². The third kappa shape index (κ3) is 3.64. The van der Waals surface area contributed by atoms with E-state index in [1.165, 1.54) is 4.88 Å². The molecule has 7 heteroatoms. The topological polar surface area (TPSA) is 52.8 Å². The molecule has 0 bridgehead atoms. The second-order valence-corrected chi connectivity index (χ2v) is 8.44. The number of benzene rings is 1. The standard InChI is InChI=1S/C23H19ClN4OS/c1-29-16-6-4-15(5-7-16)13-28-14-21(26-27-28)18-8-10-19-17(23(18)24)9-11-20(25-19)22-3-2-12-30-22/h2-7,9,11-12,14H,8,10,13H2,1H3. The monoisotopic (exact) mass is 434 g/mol. The van der Waals surface area contributed by atoms with Crippen molar-refractivity contribution in [1.29, 1.82) is 0 Å². The van der Waals surface area contributed by atoms with E-state index in [1.807, 2.05) is 47.3 Å². The van der Waals surface area contributed by atoms with Gasteiger partial charge in [-0.2, -0.15) is 0 Å². The quantitative estimate of drug-likeness (QED) is 0.415. The number of hydrogen-bond acceptors (Lipinski definition) is 5. The van der Waals surface area contributed by atoms with Gasteiger partial charge in [0.05, 0.1) is 41.1 Å². The molecule has 5 nitrogen and oxygen atoms in total. The summed E-state index contributed by atoms with van der Waals surface area (Å²) < 4.78 is 7.05. The summed E-state index contributed by atoms with van der Waals surface area (Å²) in [6.07, 6.45) is 3.60. The summed E-state index contributed by atoms with van der Waals surface area (Å²) in [7, 11) is 1.66. The minimum atomic E-state index is 0.643. The van der Waals surface area contributed by atoms with Crippen LogP contribution < -0.4 is 4.74 Å². The molecule has 0 fully saturated rings. The molecule has 3 aromatic heterocycles. The van der Waals surface area contributed by atoms with E-state index < -0.39 is 0 Å². The molecule has 1 aromatic carbocycles. The molecule has 0 N–H and O–H groups in total. The zero-order chi connectivity index (χ0) is 20.5. The Hall–Kier alpha value is -2.96. The normalized spacial score (nSPS) is 13.4. The van der Waals surface area contributed by atoms with Crippen molar-refractivity contribution in [2.75, 3.05) is 7.11 Å². The highest BCUT2D eigenvalue weighted by Crippen LogP contribution is 2.39. The summed E-state index contributed by atoms with van der Waals surface area (Å²) in [6, 6.07) is 16.2. The van der Waals surface area contributed by atoms with Gasteiger partial charge in [0, 0.05) is 11.1 Å². The number of hydrogen-bond donors (Lipinski definition) is 0. The lowest BCUT2D eigenvalue weighted by atomic mass is 9.94. The first-order valence-corrected chi connectivity index (χ1v) is 10.9. The Morgan fingerprint density at radius 3 is 2.70 bits per heavy atom. The van der Waals surface area contributed by atoms with Crippen LogP contribution in [0, 0.1) is 0 Å². The van der Waals surface area contributed by atoms with Crippen molar-refractivity contribution in [2.45, 2.75) is 19.4 Å². The predicted octanol–water partition coefficient (Wildman–Crippen LogP) is 5.51. The van der Waals surface area contributed by atoms with Gasteiger partial charge in [-0.15, -0.1) is 16.4 Å². The number of halogens is 1. The lowest BCUT2D eigenvalue weighted by molar-refractivity contribution is 0.414. The van der Waals surface area contributed by atoms with E-state index in [0.717, 1.165) is 57.4 Å². The molecule has 0 spiro atoms. The second-order valence-electron chi connectivity index (χ2n) is 7.11.